The van der Waals surface area contributed by atoms with Crippen LogP contribution < -0.4 is 0 Å². The van der Waals surface area contributed by atoms with Crippen LogP contribution in [0.4, 0.5) is 65.9 Å². The normalized spacial score (nSPS) is 15.1. The van der Waals surface area contributed by atoms with Crippen LogP contribution in [-0.4, -0.2) is 56.6 Å². The summed E-state index contributed by atoms with van der Waals surface area (Å²) < 4.78 is 223. The molecule has 4 nitrogen and oxygen atoms in total. The number of halogens is 15. The summed E-state index contributed by atoms with van der Waals surface area (Å²) in [4.78, 5) is -0.101. The smallest absolute Gasteiger partial charge is 0.248 e. The first-order valence-corrected chi connectivity index (χ1v) is 11.8. The van der Waals surface area contributed by atoms with Gasteiger partial charge in [0, 0.05) is 6.42 Å². The first kappa shape index (κ1) is 35.1. The molecular formula is C19H17F15O4S. The monoisotopic (exact) mass is 626 g/mol. The lowest BCUT2D eigenvalue weighted by molar-refractivity contribution is -0.542. The van der Waals surface area contributed by atoms with Crippen LogP contribution in [0.2, 0.25) is 0 Å². The van der Waals surface area contributed by atoms with E-state index in [-0.39, 0.29) is 11.3 Å². The maximum atomic E-state index is 13.6. The molecule has 0 aliphatic rings. The maximum absolute atomic E-state index is 13.6. The minimum atomic E-state index is -7.92. The molecule has 0 atom stereocenters. The van der Waals surface area contributed by atoms with Crippen molar-refractivity contribution in [3.8, 4) is 0 Å². The summed E-state index contributed by atoms with van der Waals surface area (Å²) in [7, 11) is -3.91. The van der Waals surface area contributed by atoms with Crippen LogP contribution in [-0.2, 0) is 19.3 Å². The van der Waals surface area contributed by atoms with E-state index in [0.717, 1.165) is 0 Å². The van der Waals surface area contributed by atoms with Crippen LogP contribution in [0.1, 0.15) is 31.2 Å². The van der Waals surface area contributed by atoms with Gasteiger partial charge in [-0.25, -0.2) is 17.9 Å². The Kier molecular flexibility index (Phi) is 10.0. The van der Waals surface area contributed by atoms with Crippen molar-refractivity contribution in [3.63, 3.8) is 0 Å². The highest BCUT2D eigenvalue weighted by Crippen LogP contribution is 2.56. The minimum absolute atomic E-state index is 0.101. The minimum Gasteiger partial charge on any atom is -0.248 e. The molecule has 228 valence electrons. The molecule has 0 N–H and O–H groups in total. The van der Waals surface area contributed by atoms with Crippen molar-refractivity contribution in [2.45, 2.75) is 80.0 Å². The Labute approximate surface area is 210 Å². The van der Waals surface area contributed by atoms with E-state index >= 15 is 0 Å². The molecule has 1 aromatic rings. The second-order valence-electron chi connectivity index (χ2n) is 7.93. The van der Waals surface area contributed by atoms with Crippen molar-refractivity contribution in [3.05, 3.63) is 29.8 Å². The largest absolute Gasteiger partial charge is 0.460 e. The highest BCUT2D eigenvalue weighted by atomic mass is 32.2. The zero-order valence-electron chi connectivity index (χ0n) is 19.1. The molecule has 0 aromatic heterocycles. The van der Waals surface area contributed by atoms with Gasteiger partial charge in [0.2, 0.25) is 0 Å². The van der Waals surface area contributed by atoms with E-state index in [1.54, 1.807) is 4.74 Å². The van der Waals surface area contributed by atoms with Gasteiger partial charge in [0.25, 0.3) is 0 Å². The number of alkyl halides is 15. The SMILES string of the molecule is Cc1ccccc1S(=O)(=O)CCCCCC(F)(F)OC(F)(F)C(F)(F)OC(F)(F)C(F)(F)C(F)(F)C(F)(F)F. The summed E-state index contributed by atoms with van der Waals surface area (Å²) in [6.45, 7) is 1.45. The van der Waals surface area contributed by atoms with Crippen molar-refractivity contribution in [2.75, 3.05) is 5.75 Å². The number of benzene rings is 1. The Bertz CT molecular complexity index is 1080. The van der Waals surface area contributed by atoms with Gasteiger partial charge in [0.1, 0.15) is 0 Å². The number of hydrogen-bond donors (Lipinski definition) is 0. The molecule has 0 saturated carbocycles. The molecule has 0 radical (unpaired) electrons. The van der Waals surface area contributed by atoms with Crippen molar-refractivity contribution in [1.29, 1.82) is 0 Å². The highest BCUT2D eigenvalue weighted by Gasteiger charge is 2.85. The van der Waals surface area contributed by atoms with Crippen molar-refractivity contribution < 1.29 is 83.7 Å². The van der Waals surface area contributed by atoms with Gasteiger partial charge in [-0.15, -0.1) is 0 Å². The maximum Gasteiger partial charge on any atom is 0.460 e. The first-order chi connectivity index (χ1) is 17.1. The molecule has 39 heavy (non-hydrogen) atoms. The fourth-order valence-electron chi connectivity index (χ4n) is 2.76. The van der Waals surface area contributed by atoms with Crippen LogP contribution in [0.15, 0.2) is 29.2 Å². The van der Waals surface area contributed by atoms with Gasteiger partial charge in [0.05, 0.1) is 10.6 Å². The molecule has 1 rings (SSSR count). The predicted octanol–water partition coefficient (Wildman–Crippen LogP) is 7.57. The molecule has 0 spiro atoms. The third-order valence-corrected chi connectivity index (χ3v) is 6.75. The fraction of sp³-hybridized carbons (Fsp3) is 0.684. The number of hydrogen-bond acceptors (Lipinski definition) is 4. The molecule has 0 unspecified atom stereocenters. The molecule has 0 saturated heterocycles. The predicted molar refractivity (Wildman–Crippen MR) is 99.6 cm³/mol. The highest BCUT2D eigenvalue weighted by molar-refractivity contribution is 7.91. The van der Waals surface area contributed by atoms with Gasteiger partial charge in [-0.1, -0.05) is 24.6 Å². The average Bonchev–Trinajstić information content (AvgIpc) is 2.70. The Morgan fingerprint density at radius 2 is 1.13 bits per heavy atom. The lowest BCUT2D eigenvalue weighted by Gasteiger charge is -2.36. The second-order valence-corrected chi connectivity index (χ2v) is 10.0. The molecule has 0 fully saturated rings. The van der Waals surface area contributed by atoms with Crippen molar-refractivity contribution >= 4 is 9.84 Å². The van der Waals surface area contributed by atoms with Crippen molar-refractivity contribution in [1.82, 2.24) is 0 Å². The summed E-state index contributed by atoms with van der Waals surface area (Å²) in [6.07, 6.45) is -38.5. The van der Waals surface area contributed by atoms with Crippen molar-refractivity contribution in [2.24, 2.45) is 0 Å². The summed E-state index contributed by atoms with van der Waals surface area (Å²) >= 11 is 0. The summed E-state index contributed by atoms with van der Waals surface area (Å²) in [5, 5.41) is 0. The number of rotatable bonds is 14. The van der Waals surface area contributed by atoms with Crippen LogP contribution in [0.25, 0.3) is 0 Å². The number of ether oxygens (including phenoxy) is 2. The van der Waals surface area contributed by atoms with E-state index in [9.17, 15) is 74.3 Å². The Hall–Kier alpha value is -1.96. The quantitative estimate of drug-likeness (QED) is 0.158. The third-order valence-electron chi connectivity index (χ3n) is 4.80. The standard InChI is InChI=1S/C19H17F15O4S/c1-11-7-3-4-8-12(11)39(35,36)10-6-2-5-9-13(20,21)37-18(31,32)19(33,34)38-17(29,30)15(24,25)14(22,23)16(26,27)28/h3-4,7-8H,2,5-6,9-10H2,1H3. The Morgan fingerprint density at radius 1 is 0.641 bits per heavy atom. The lowest BCUT2D eigenvalue weighted by atomic mass is 10.1. The van der Waals surface area contributed by atoms with E-state index < -0.39 is 77.3 Å². The second kappa shape index (κ2) is 11.1. The van der Waals surface area contributed by atoms with Crippen LogP contribution in [0.3, 0.4) is 0 Å². The molecule has 0 amide bonds. The Morgan fingerprint density at radius 3 is 1.62 bits per heavy atom. The average molecular weight is 626 g/mol. The summed E-state index contributed by atoms with van der Waals surface area (Å²) in [5.41, 5.74) is 0.341. The lowest BCUT2D eigenvalue weighted by Crippen LogP contribution is -2.64. The van der Waals surface area contributed by atoms with Crippen LogP contribution >= 0.6 is 0 Å². The van der Waals surface area contributed by atoms with Gasteiger partial charge in [0.15, 0.2) is 9.84 Å². The van der Waals surface area contributed by atoms with E-state index in [0.29, 0.717) is 5.56 Å². The first-order valence-electron chi connectivity index (χ1n) is 10.2. The zero-order chi connectivity index (χ0) is 30.9. The van der Waals surface area contributed by atoms with Crippen LogP contribution in [0, 0.1) is 6.92 Å². The number of sulfone groups is 1. The van der Waals surface area contributed by atoms with Gasteiger partial charge < -0.3 is 0 Å². The molecule has 1 aromatic carbocycles. The molecule has 0 aliphatic carbocycles. The van der Waals surface area contributed by atoms with Crippen LogP contribution in [0.5, 0.6) is 0 Å². The molecule has 20 heteroatoms. The number of unbranched alkanes of at least 4 members (excludes halogenated alkanes) is 2. The van der Waals surface area contributed by atoms with E-state index in [4.69, 9.17) is 0 Å². The van der Waals surface area contributed by atoms with Gasteiger partial charge in [-0.05, 0) is 31.4 Å². The molecule has 0 aliphatic heterocycles. The summed E-state index contributed by atoms with van der Waals surface area (Å²) in [6, 6.07) is 5.59. The van der Waals surface area contributed by atoms with E-state index in [1.165, 1.54) is 31.2 Å². The third kappa shape index (κ3) is 7.83. The van der Waals surface area contributed by atoms with Gasteiger partial charge in [-0.3, -0.25) is 0 Å². The van der Waals surface area contributed by atoms with E-state index in [1.807, 2.05) is 0 Å². The zero-order valence-corrected chi connectivity index (χ0v) is 19.9. The summed E-state index contributed by atoms with van der Waals surface area (Å²) in [5.74, 6) is -16.3. The van der Waals surface area contributed by atoms with E-state index in [2.05, 4.69) is 4.74 Å². The Balaban J connectivity index is 2.84. The van der Waals surface area contributed by atoms with Gasteiger partial charge in [-0.2, -0.15) is 65.9 Å². The number of aryl methyl sites for hydroxylation is 1. The molecule has 0 heterocycles. The van der Waals surface area contributed by atoms with Gasteiger partial charge >= 0.3 is 42.5 Å². The fourth-order valence-corrected chi connectivity index (χ4v) is 4.41. The topological polar surface area (TPSA) is 52.6 Å². The molecule has 0 bridgehead atoms. The molecular weight excluding hydrogens is 609 g/mol.